The molecule has 0 bridgehead atoms. The van der Waals surface area contributed by atoms with Gasteiger partial charge in [-0.1, -0.05) is 26.2 Å². The molecule has 0 fully saturated rings. The number of benzene rings is 1. The Morgan fingerprint density at radius 3 is 2.56 bits per heavy atom. The van der Waals surface area contributed by atoms with Gasteiger partial charge in [0.25, 0.3) is 0 Å². The quantitative estimate of drug-likeness (QED) is 0.587. The van der Waals surface area contributed by atoms with Crippen molar-refractivity contribution in [3.8, 4) is 5.75 Å². The summed E-state index contributed by atoms with van der Waals surface area (Å²) in [6.45, 7) is 4.24. The third-order valence-corrected chi connectivity index (χ3v) is 2.97. The van der Waals surface area contributed by atoms with Gasteiger partial charge >= 0.3 is 0 Å². The maximum atomic E-state index is 5.92. The fourth-order valence-electron chi connectivity index (χ4n) is 1.87. The lowest BCUT2D eigenvalue weighted by molar-refractivity contribution is 0.408. The molecule has 1 rings (SSSR count). The molecule has 0 saturated carbocycles. The van der Waals surface area contributed by atoms with Gasteiger partial charge in [-0.3, -0.25) is 0 Å². The van der Waals surface area contributed by atoms with Crippen LogP contribution in [0.4, 0.5) is 5.69 Å². The molecule has 0 radical (unpaired) electrons. The molecule has 0 aliphatic heterocycles. The second kappa shape index (κ2) is 6.41. The highest BCUT2D eigenvalue weighted by atomic mass is 16.5. The largest absolute Gasteiger partial charge is 0.496 e. The lowest BCUT2D eigenvalue weighted by Gasteiger charge is -2.11. The molecule has 0 heterocycles. The summed E-state index contributed by atoms with van der Waals surface area (Å²) in [6.07, 6.45) is 6.14. The summed E-state index contributed by atoms with van der Waals surface area (Å²) < 4.78 is 5.38. The van der Waals surface area contributed by atoms with Gasteiger partial charge < -0.3 is 10.5 Å². The van der Waals surface area contributed by atoms with E-state index in [1.54, 1.807) is 7.11 Å². The van der Waals surface area contributed by atoms with E-state index in [1.165, 1.54) is 31.2 Å². The smallest absolute Gasteiger partial charge is 0.122 e. The normalized spacial score (nSPS) is 10.4. The van der Waals surface area contributed by atoms with Crippen molar-refractivity contribution in [3.63, 3.8) is 0 Å². The van der Waals surface area contributed by atoms with E-state index in [9.17, 15) is 0 Å². The molecule has 0 unspecified atom stereocenters. The second-order valence-corrected chi connectivity index (χ2v) is 4.33. The monoisotopic (exact) mass is 221 g/mol. The van der Waals surface area contributed by atoms with Crippen LogP contribution in [0.5, 0.6) is 5.75 Å². The van der Waals surface area contributed by atoms with Crippen LogP contribution in [0.2, 0.25) is 0 Å². The number of hydrogen-bond acceptors (Lipinski definition) is 2. The average Bonchev–Trinajstić information content (AvgIpc) is 2.28. The Morgan fingerprint density at radius 1 is 1.19 bits per heavy atom. The topological polar surface area (TPSA) is 35.2 Å². The minimum Gasteiger partial charge on any atom is -0.496 e. The molecule has 0 aliphatic rings. The molecule has 0 aromatic heterocycles. The molecule has 2 nitrogen and oxygen atoms in total. The Morgan fingerprint density at radius 2 is 1.94 bits per heavy atom. The molecule has 0 aliphatic carbocycles. The van der Waals surface area contributed by atoms with E-state index in [1.807, 2.05) is 13.0 Å². The van der Waals surface area contributed by atoms with E-state index in [4.69, 9.17) is 10.5 Å². The van der Waals surface area contributed by atoms with Crippen LogP contribution in [-0.2, 0) is 6.42 Å². The van der Waals surface area contributed by atoms with Crippen LogP contribution in [-0.4, -0.2) is 7.11 Å². The van der Waals surface area contributed by atoms with E-state index in [-0.39, 0.29) is 0 Å². The molecule has 16 heavy (non-hydrogen) atoms. The van der Waals surface area contributed by atoms with Crippen LogP contribution >= 0.6 is 0 Å². The van der Waals surface area contributed by atoms with Crippen molar-refractivity contribution < 1.29 is 4.74 Å². The van der Waals surface area contributed by atoms with Crippen LogP contribution in [0.25, 0.3) is 0 Å². The van der Waals surface area contributed by atoms with E-state index < -0.39 is 0 Å². The summed E-state index contributed by atoms with van der Waals surface area (Å²) in [5.41, 5.74) is 9.12. The number of anilines is 1. The van der Waals surface area contributed by atoms with Gasteiger partial charge in [0.2, 0.25) is 0 Å². The molecule has 2 heteroatoms. The Labute approximate surface area is 98.8 Å². The second-order valence-electron chi connectivity index (χ2n) is 4.33. The molecule has 0 saturated heterocycles. The van der Waals surface area contributed by atoms with Crippen LogP contribution in [0, 0.1) is 6.92 Å². The summed E-state index contributed by atoms with van der Waals surface area (Å²) in [7, 11) is 1.72. The third-order valence-electron chi connectivity index (χ3n) is 2.97. The first-order valence-electron chi connectivity index (χ1n) is 6.12. The van der Waals surface area contributed by atoms with Gasteiger partial charge in [0.15, 0.2) is 0 Å². The zero-order valence-corrected chi connectivity index (χ0v) is 10.7. The Kier molecular flexibility index (Phi) is 5.17. The Balaban J connectivity index is 2.66. The van der Waals surface area contributed by atoms with E-state index in [0.717, 1.165) is 23.4 Å². The predicted octanol–water partition coefficient (Wildman–Crippen LogP) is 3.71. The average molecular weight is 221 g/mol. The van der Waals surface area contributed by atoms with Crippen molar-refractivity contribution in [2.75, 3.05) is 12.8 Å². The number of rotatable bonds is 6. The van der Waals surface area contributed by atoms with E-state index >= 15 is 0 Å². The minimum atomic E-state index is 0.867. The minimum absolute atomic E-state index is 0.867. The third kappa shape index (κ3) is 3.44. The molecule has 0 atom stereocenters. The van der Waals surface area contributed by atoms with Crippen molar-refractivity contribution in [2.45, 2.75) is 46.0 Å². The van der Waals surface area contributed by atoms with Crippen LogP contribution in [0.15, 0.2) is 12.1 Å². The fraction of sp³-hybridized carbons (Fsp3) is 0.571. The number of ether oxygens (including phenoxy) is 1. The summed E-state index contributed by atoms with van der Waals surface area (Å²) >= 11 is 0. The highest BCUT2D eigenvalue weighted by molar-refractivity contribution is 5.54. The van der Waals surface area contributed by atoms with Gasteiger partial charge in [0.1, 0.15) is 5.75 Å². The molecule has 1 aromatic carbocycles. The Bertz CT molecular complexity index is 334. The van der Waals surface area contributed by atoms with Crippen molar-refractivity contribution in [2.24, 2.45) is 0 Å². The predicted molar refractivity (Wildman–Crippen MR) is 70.0 cm³/mol. The fourth-order valence-corrected chi connectivity index (χ4v) is 1.87. The Hall–Kier alpha value is -1.18. The maximum absolute atomic E-state index is 5.92. The highest BCUT2D eigenvalue weighted by Crippen LogP contribution is 2.26. The first kappa shape index (κ1) is 12.9. The summed E-state index contributed by atoms with van der Waals surface area (Å²) in [6, 6.07) is 4.09. The van der Waals surface area contributed by atoms with E-state index in [0.29, 0.717) is 0 Å². The summed E-state index contributed by atoms with van der Waals surface area (Å²) in [5, 5.41) is 0. The van der Waals surface area contributed by atoms with Gasteiger partial charge in [0, 0.05) is 5.69 Å². The SMILES string of the molecule is CCCCCCc1cc(N)c(C)cc1OC. The van der Waals surface area contributed by atoms with Crippen LogP contribution < -0.4 is 10.5 Å². The van der Waals surface area contributed by atoms with Gasteiger partial charge in [0.05, 0.1) is 7.11 Å². The number of aryl methyl sites for hydroxylation is 2. The van der Waals surface area contributed by atoms with Gasteiger partial charge in [-0.05, 0) is 43.0 Å². The lowest BCUT2D eigenvalue weighted by Crippen LogP contribution is -1.97. The number of nitrogen functional groups attached to an aromatic ring is 1. The van der Waals surface area contributed by atoms with Crippen molar-refractivity contribution in [1.82, 2.24) is 0 Å². The number of methoxy groups -OCH3 is 1. The first-order valence-corrected chi connectivity index (χ1v) is 6.12. The van der Waals surface area contributed by atoms with E-state index in [2.05, 4.69) is 13.0 Å². The molecule has 0 spiro atoms. The van der Waals surface area contributed by atoms with Crippen molar-refractivity contribution in [1.29, 1.82) is 0 Å². The molecular formula is C14H23NO. The van der Waals surface area contributed by atoms with Gasteiger partial charge in [-0.15, -0.1) is 0 Å². The first-order chi connectivity index (χ1) is 7.69. The summed E-state index contributed by atoms with van der Waals surface area (Å²) in [5.74, 6) is 0.975. The highest BCUT2D eigenvalue weighted by Gasteiger charge is 2.05. The van der Waals surface area contributed by atoms with Crippen molar-refractivity contribution >= 4 is 5.69 Å². The maximum Gasteiger partial charge on any atom is 0.122 e. The van der Waals surface area contributed by atoms with Crippen LogP contribution in [0.3, 0.4) is 0 Å². The van der Waals surface area contributed by atoms with Crippen molar-refractivity contribution in [3.05, 3.63) is 23.3 Å². The van der Waals surface area contributed by atoms with Crippen LogP contribution in [0.1, 0.15) is 43.7 Å². The van der Waals surface area contributed by atoms with Gasteiger partial charge in [-0.2, -0.15) is 0 Å². The number of unbranched alkanes of at least 4 members (excludes halogenated alkanes) is 3. The van der Waals surface area contributed by atoms with Gasteiger partial charge in [-0.25, -0.2) is 0 Å². The standard InChI is InChI=1S/C14H23NO/c1-4-5-6-7-8-12-10-13(15)11(2)9-14(12)16-3/h9-10H,4-8,15H2,1-3H3. The zero-order valence-electron chi connectivity index (χ0n) is 10.7. The molecule has 90 valence electrons. The zero-order chi connectivity index (χ0) is 12.0. The number of nitrogens with two attached hydrogens (primary N) is 1. The number of hydrogen-bond donors (Lipinski definition) is 1. The molecule has 1 aromatic rings. The lowest BCUT2D eigenvalue weighted by atomic mass is 10.0. The molecule has 0 amide bonds. The molecule has 2 N–H and O–H groups in total. The molecular weight excluding hydrogens is 198 g/mol. The summed E-state index contributed by atoms with van der Waals surface area (Å²) in [4.78, 5) is 0.